The number of aliphatic hydroxyl groups is 1. The Hall–Kier alpha value is -2.65. The van der Waals surface area contributed by atoms with Crippen LogP contribution in [0.25, 0.3) is 0 Å². The summed E-state index contributed by atoms with van der Waals surface area (Å²) in [7, 11) is 0. The number of carbonyl (C=O) groups is 1. The Morgan fingerprint density at radius 3 is 2.74 bits per heavy atom. The Bertz CT molecular complexity index is 635. The van der Waals surface area contributed by atoms with Gasteiger partial charge in [0.15, 0.2) is 5.82 Å². The Balaban J connectivity index is 2.07. The van der Waals surface area contributed by atoms with Crippen LogP contribution in [-0.2, 0) is 0 Å². The van der Waals surface area contributed by atoms with Gasteiger partial charge in [-0.25, -0.2) is 0 Å². The van der Waals surface area contributed by atoms with Gasteiger partial charge in [-0.05, 0) is 31.2 Å². The molecule has 0 aliphatic carbocycles. The van der Waals surface area contributed by atoms with Gasteiger partial charge >= 0.3 is 6.01 Å². The molecule has 0 aliphatic heterocycles. The van der Waals surface area contributed by atoms with Crippen molar-refractivity contribution in [3.8, 4) is 11.8 Å². The van der Waals surface area contributed by atoms with E-state index in [2.05, 4.69) is 27.3 Å². The first-order valence-electron chi connectivity index (χ1n) is 5.50. The summed E-state index contributed by atoms with van der Waals surface area (Å²) >= 11 is 0. The summed E-state index contributed by atoms with van der Waals surface area (Å²) in [6.07, 6.45) is 0. The van der Waals surface area contributed by atoms with Crippen molar-refractivity contribution >= 4 is 11.9 Å². The Kier molecular flexibility index (Phi) is 3.90. The summed E-state index contributed by atoms with van der Waals surface area (Å²) in [5.41, 5.74) is 1.17. The first kappa shape index (κ1) is 12.8. The summed E-state index contributed by atoms with van der Waals surface area (Å²) in [5, 5.41) is 14.6. The Labute approximate surface area is 109 Å². The normalized spacial score (nSPS) is 9.58. The van der Waals surface area contributed by atoms with Crippen molar-refractivity contribution in [3.63, 3.8) is 0 Å². The van der Waals surface area contributed by atoms with Crippen LogP contribution in [-0.4, -0.2) is 27.8 Å². The molecule has 0 unspecified atom stereocenters. The van der Waals surface area contributed by atoms with E-state index in [0.717, 1.165) is 5.56 Å². The fourth-order valence-electron chi connectivity index (χ4n) is 1.36. The van der Waals surface area contributed by atoms with Gasteiger partial charge in [-0.1, -0.05) is 17.0 Å². The van der Waals surface area contributed by atoms with Gasteiger partial charge in [0, 0.05) is 11.1 Å². The lowest BCUT2D eigenvalue weighted by Crippen LogP contribution is -2.12. The molecule has 1 heterocycles. The molecule has 6 nitrogen and oxygen atoms in total. The number of nitrogens with one attached hydrogen (secondary N) is 1. The topological polar surface area (TPSA) is 88.2 Å². The third kappa shape index (κ3) is 3.40. The molecule has 1 aromatic heterocycles. The van der Waals surface area contributed by atoms with Crippen LogP contribution < -0.4 is 5.32 Å². The predicted molar refractivity (Wildman–Crippen MR) is 67.4 cm³/mol. The Morgan fingerprint density at radius 2 is 2.16 bits per heavy atom. The average molecular weight is 257 g/mol. The summed E-state index contributed by atoms with van der Waals surface area (Å²) in [6, 6.07) is 6.69. The molecule has 19 heavy (non-hydrogen) atoms. The summed E-state index contributed by atoms with van der Waals surface area (Å²) in [4.78, 5) is 15.7. The number of carbonyl (C=O) groups excluding carboxylic acids is 1. The van der Waals surface area contributed by atoms with Gasteiger partial charge in [0.1, 0.15) is 6.61 Å². The summed E-state index contributed by atoms with van der Waals surface area (Å²) in [5.74, 6) is 5.38. The number of amides is 1. The van der Waals surface area contributed by atoms with E-state index in [9.17, 15) is 4.79 Å². The van der Waals surface area contributed by atoms with Gasteiger partial charge in [0.25, 0.3) is 5.91 Å². The molecule has 1 amide bonds. The fourth-order valence-corrected chi connectivity index (χ4v) is 1.36. The van der Waals surface area contributed by atoms with Crippen molar-refractivity contribution in [3.05, 3.63) is 41.2 Å². The lowest BCUT2D eigenvalue weighted by Gasteiger charge is -2.00. The zero-order valence-corrected chi connectivity index (χ0v) is 10.2. The highest BCUT2D eigenvalue weighted by atomic mass is 16.5. The van der Waals surface area contributed by atoms with E-state index < -0.39 is 0 Å². The van der Waals surface area contributed by atoms with Crippen LogP contribution in [0.4, 0.5) is 6.01 Å². The largest absolute Gasteiger partial charge is 0.384 e. The number of rotatable bonds is 2. The van der Waals surface area contributed by atoms with E-state index in [4.69, 9.17) is 9.63 Å². The van der Waals surface area contributed by atoms with Crippen LogP contribution in [0.5, 0.6) is 0 Å². The molecule has 0 fully saturated rings. The van der Waals surface area contributed by atoms with Crippen LogP contribution in [0.15, 0.2) is 28.8 Å². The van der Waals surface area contributed by atoms with Crippen molar-refractivity contribution in [2.45, 2.75) is 6.92 Å². The number of anilines is 1. The lowest BCUT2D eigenvalue weighted by molar-refractivity contribution is 0.102. The third-order valence-corrected chi connectivity index (χ3v) is 2.21. The van der Waals surface area contributed by atoms with Crippen LogP contribution in [0.3, 0.4) is 0 Å². The molecule has 0 spiro atoms. The molecule has 0 aliphatic rings. The minimum atomic E-state index is -0.342. The van der Waals surface area contributed by atoms with Crippen LogP contribution in [0.2, 0.25) is 0 Å². The van der Waals surface area contributed by atoms with E-state index in [1.807, 2.05) is 0 Å². The van der Waals surface area contributed by atoms with Gasteiger partial charge < -0.3 is 9.63 Å². The van der Waals surface area contributed by atoms with Gasteiger partial charge in [0.2, 0.25) is 0 Å². The maximum absolute atomic E-state index is 11.8. The molecule has 0 saturated carbocycles. The summed E-state index contributed by atoms with van der Waals surface area (Å²) in [6.45, 7) is 1.46. The number of aryl methyl sites for hydroxylation is 1. The highest BCUT2D eigenvalue weighted by molar-refractivity contribution is 6.03. The van der Waals surface area contributed by atoms with E-state index in [1.165, 1.54) is 0 Å². The van der Waals surface area contributed by atoms with Gasteiger partial charge in [-0.3, -0.25) is 10.1 Å². The molecule has 1 aromatic carbocycles. The van der Waals surface area contributed by atoms with Crippen molar-refractivity contribution in [1.29, 1.82) is 0 Å². The summed E-state index contributed by atoms with van der Waals surface area (Å²) < 4.78 is 4.79. The quantitative estimate of drug-likeness (QED) is 0.783. The molecule has 2 rings (SSSR count). The minimum absolute atomic E-state index is 0.0617. The molecular formula is C13H11N3O3. The molecule has 96 valence electrons. The van der Waals surface area contributed by atoms with E-state index in [0.29, 0.717) is 11.4 Å². The maximum atomic E-state index is 11.8. The van der Waals surface area contributed by atoms with Crippen molar-refractivity contribution < 1.29 is 14.4 Å². The number of hydrogen-bond acceptors (Lipinski definition) is 5. The monoisotopic (exact) mass is 257 g/mol. The number of aromatic nitrogens is 2. The van der Waals surface area contributed by atoms with Crippen LogP contribution in [0, 0.1) is 18.8 Å². The number of aliphatic hydroxyl groups excluding tert-OH is 1. The van der Waals surface area contributed by atoms with Gasteiger partial charge in [-0.15, -0.1) is 0 Å². The molecule has 2 aromatic rings. The first-order valence-corrected chi connectivity index (χ1v) is 5.50. The van der Waals surface area contributed by atoms with E-state index in [1.54, 1.807) is 31.2 Å². The molecule has 0 atom stereocenters. The van der Waals surface area contributed by atoms with E-state index in [-0.39, 0.29) is 18.5 Å². The molecule has 0 radical (unpaired) electrons. The molecule has 2 N–H and O–H groups in total. The van der Waals surface area contributed by atoms with Crippen molar-refractivity contribution in [2.75, 3.05) is 11.9 Å². The average Bonchev–Trinajstić information content (AvgIpc) is 2.82. The second-order valence-electron chi connectivity index (χ2n) is 3.64. The minimum Gasteiger partial charge on any atom is -0.384 e. The Morgan fingerprint density at radius 1 is 1.42 bits per heavy atom. The standard InChI is InChI=1S/C13H11N3O3/c1-9-14-13(19-16-9)15-12(18)11-6-4-10(5-7-11)3-2-8-17/h4-7,17H,8H2,1H3,(H,14,15,16,18). The lowest BCUT2D eigenvalue weighted by atomic mass is 10.1. The highest BCUT2D eigenvalue weighted by Gasteiger charge is 2.09. The van der Waals surface area contributed by atoms with Crippen LogP contribution >= 0.6 is 0 Å². The highest BCUT2D eigenvalue weighted by Crippen LogP contribution is 2.08. The number of hydrogen-bond donors (Lipinski definition) is 2. The van der Waals surface area contributed by atoms with E-state index >= 15 is 0 Å². The zero-order chi connectivity index (χ0) is 13.7. The fraction of sp³-hybridized carbons (Fsp3) is 0.154. The molecule has 6 heteroatoms. The number of nitrogens with zero attached hydrogens (tertiary/aromatic N) is 2. The SMILES string of the molecule is Cc1noc(NC(=O)c2ccc(C#CCO)cc2)n1. The van der Waals surface area contributed by atoms with Crippen molar-refractivity contribution in [2.24, 2.45) is 0 Å². The zero-order valence-electron chi connectivity index (χ0n) is 10.2. The van der Waals surface area contributed by atoms with Crippen LogP contribution in [0.1, 0.15) is 21.7 Å². The third-order valence-electron chi connectivity index (χ3n) is 2.21. The van der Waals surface area contributed by atoms with Gasteiger partial charge in [0.05, 0.1) is 0 Å². The second-order valence-corrected chi connectivity index (χ2v) is 3.64. The molecule has 0 bridgehead atoms. The number of benzene rings is 1. The predicted octanol–water partition coefficient (Wildman–Crippen LogP) is 0.974. The van der Waals surface area contributed by atoms with Gasteiger partial charge in [-0.2, -0.15) is 4.98 Å². The molecular weight excluding hydrogens is 246 g/mol. The second kappa shape index (κ2) is 5.80. The molecule has 0 saturated heterocycles. The smallest absolute Gasteiger partial charge is 0.328 e. The maximum Gasteiger partial charge on any atom is 0.328 e. The first-order chi connectivity index (χ1) is 9.19. The van der Waals surface area contributed by atoms with Crippen molar-refractivity contribution in [1.82, 2.24) is 10.1 Å².